The molecule has 0 atom stereocenters. The van der Waals surface area contributed by atoms with Crippen LogP contribution < -0.4 is 10.9 Å². The van der Waals surface area contributed by atoms with Gasteiger partial charge in [-0.3, -0.25) is 19.0 Å². The molecule has 31 heavy (non-hydrogen) atoms. The minimum absolute atomic E-state index is 0.00131. The number of carbonyl (C=O) groups excluding carboxylic acids is 1. The summed E-state index contributed by atoms with van der Waals surface area (Å²) in [6.45, 7) is 5.48. The van der Waals surface area contributed by atoms with E-state index in [1.807, 2.05) is 29.6 Å². The molecule has 8 nitrogen and oxygen atoms in total. The van der Waals surface area contributed by atoms with Crippen LogP contribution in [0.4, 0.5) is 4.39 Å². The molecule has 0 aliphatic rings. The van der Waals surface area contributed by atoms with Crippen LogP contribution in [0.2, 0.25) is 0 Å². The number of carbonyl (C=O) groups is 2. The van der Waals surface area contributed by atoms with Crippen LogP contribution in [0.1, 0.15) is 42.3 Å². The molecular weight excluding hydrogens is 405 g/mol. The van der Waals surface area contributed by atoms with Gasteiger partial charge in [-0.1, -0.05) is 45.0 Å². The summed E-state index contributed by atoms with van der Waals surface area (Å²) in [6, 6.07) is 8.48. The lowest BCUT2D eigenvalue weighted by Gasteiger charge is -2.19. The molecule has 0 spiro atoms. The van der Waals surface area contributed by atoms with E-state index in [0.717, 1.165) is 28.0 Å². The highest BCUT2D eigenvalue weighted by Crippen LogP contribution is 2.27. The third kappa shape index (κ3) is 4.55. The number of amides is 1. The average molecular weight is 427 g/mol. The maximum Gasteiger partial charge on any atom is 0.322 e. The van der Waals surface area contributed by atoms with Gasteiger partial charge in [-0.05, 0) is 22.6 Å². The predicted molar refractivity (Wildman–Crippen MR) is 112 cm³/mol. The average Bonchev–Trinajstić information content (AvgIpc) is 2.69. The largest absolute Gasteiger partial charge is 0.506 e. The quantitative estimate of drug-likeness (QED) is 0.575. The van der Waals surface area contributed by atoms with Crippen LogP contribution in [0.5, 0.6) is 5.75 Å². The zero-order chi connectivity index (χ0) is 22.9. The number of rotatable bonds is 5. The lowest BCUT2D eigenvalue weighted by molar-refractivity contribution is -0.135. The van der Waals surface area contributed by atoms with Crippen LogP contribution >= 0.6 is 0 Å². The van der Waals surface area contributed by atoms with E-state index in [0.29, 0.717) is 0 Å². The van der Waals surface area contributed by atoms with E-state index in [9.17, 15) is 23.9 Å². The fraction of sp³-hybridized carbons (Fsp3) is 0.273. The Kier molecular flexibility index (Phi) is 5.79. The summed E-state index contributed by atoms with van der Waals surface area (Å²) >= 11 is 0. The first kappa shape index (κ1) is 21.9. The highest BCUT2D eigenvalue weighted by Gasteiger charge is 2.24. The Labute approximate surface area is 177 Å². The first-order valence-corrected chi connectivity index (χ1v) is 9.49. The highest BCUT2D eigenvalue weighted by molar-refractivity contribution is 6.02. The Bertz CT molecular complexity index is 1230. The monoisotopic (exact) mass is 427 g/mol. The van der Waals surface area contributed by atoms with Crippen molar-refractivity contribution in [1.29, 1.82) is 0 Å². The van der Waals surface area contributed by atoms with Crippen molar-refractivity contribution in [1.82, 2.24) is 14.9 Å². The first-order valence-electron chi connectivity index (χ1n) is 9.49. The Hall–Kier alpha value is -3.75. The molecule has 0 aliphatic heterocycles. The Morgan fingerprint density at radius 2 is 1.84 bits per heavy atom. The molecule has 3 aromatic rings. The molecule has 0 aliphatic carbocycles. The third-order valence-electron chi connectivity index (χ3n) is 4.83. The molecule has 1 amide bonds. The number of aliphatic carboxylic acids is 1. The molecule has 3 N–H and O–H groups in total. The van der Waals surface area contributed by atoms with Crippen molar-refractivity contribution in [3.63, 3.8) is 0 Å². The molecule has 1 aromatic carbocycles. The predicted octanol–water partition coefficient (Wildman–Crippen LogP) is 2.40. The molecule has 0 fully saturated rings. The normalized spacial score (nSPS) is 11.5. The van der Waals surface area contributed by atoms with Gasteiger partial charge in [0.1, 0.15) is 29.3 Å². The number of pyridine rings is 2. The van der Waals surface area contributed by atoms with E-state index in [1.165, 1.54) is 0 Å². The SMILES string of the molecule is CC(C)(C)c1ccc(Cn2c(=O)c(C(=O)NCC(=O)O)c(O)c3cc(F)cnc32)cc1. The number of hydrogen-bond donors (Lipinski definition) is 3. The molecule has 0 saturated carbocycles. The standard InChI is InChI=1S/C22H22FN3O5/c1-22(2,3)13-6-4-12(5-7-13)11-26-19-15(8-14(23)9-24-19)18(29)17(21(26)31)20(30)25-10-16(27)28/h4-9,29H,10-11H2,1-3H3,(H,25,30)(H,27,28). The van der Waals surface area contributed by atoms with Gasteiger partial charge in [-0.25, -0.2) is 9.37 Å². The molecular formula is C22H22FN3O5. The number of benzene rings is 1. The van der Waals surface area contributed by atoms with Crippen LogP contribution in [-0.2, 0) is 16.8 Å². The van der Waals surface area contributed by atoms with Gasteiger partial charge in [0.2, 0.25) is 0 Å². The highest BCUT2D eigenvalue weighted by atomic mass is 19.1. The van der Waals surface area contributed by atoms with Gasteiger partial charge < -0.3 is 15.5 Å². The van der Waals surface area contributed by atoms with Gasteiger partial charge in [-0.15, -0.1) is 0 Å². The maximum atomic E-state index is 13.8. The lowest BCUT2D eigenvalue weighted by Crippen LogP contribution is -2.36. The number of hydrogen-bond acceptors (Lipinski definition) is 5. The zero-order valence-corrected chi connectivity index (χ0v) is 17.3. The van der Waals surface area contributed by atoms with E-state index in [4.69, 9.17) is 5.11 Å². The van der Waals surface area contributed by atoms with Crippen LogP contribution in [0, 0.1) is 5.82 Å². The third-order valence-corrected chi connectivity index (χ3v) is 4.83. The van der Waals surface area contributed by atoms with Gasteiger partial charge in [0.15, 0.2) is 0 Å². The minimum Gasteiger partial charge on any atom is -0.506 e. The van der Waals surface area contributed by atoms with Gasteiger partial charge >= 0.3 is 5.97 Å². The van der Waals surface area contributed by atoms with E-state index >= 15 is 0 Å². The molecule has 0 bridgehead atoms. The Morgan fingerprint density at radius 1 is 1.19 bits per heavy atom. The second kappa shape index (κ2) is 8.17. The molecule has 2 aromatic heterocycles. The van der Waals surface area contributed by atoms with Crippen molar-refractivity contribution < 1.29 is 24.2 Å². The van der Waals surface area contributed by atoms with Crippen LogP contribution in [0.3, 0.4) is 0 Å². The van der Waals surface area contributed by atoms with E-state index < -0.39 is 41.1 Å². The lowest BCUT2D eigenvalue weighted by atomic mass is 9.87. The Morgan fingerprint density at radius 3 is 2.42 bits per heavy atom. The second-order valence-corrected chi connectivity index (χ2v) is 8.16. The van der Waals surface area contributed by atoms with E-state index in [2.05, 4.69) is 25.8 Å². The van der Waals surface area contributed by atoms with Crippen molar-refractivity contribution >= 4 is 22.9 Å². The maximum absolute atomic E-state index is 13.8. The summed E-state index contributed by atoms with van der Waals surface area (Å²) in [7, 11) is 0. The number of carboxylic acid groups (broad SMARTS) is 1. The van der Waals surface area contributed by atoms with E-state index in [1.54, 1.807) is 0 Å². The van der Waals surface area contributed by atoms with Crippen molar-refractivity contribution in [2.24, 2.45) is 0 Å². The molecule has 0 saturated heterocycles. The van der Waals surface area contributed by atoms with Gasteiger partial charge in [0.25, 0.3) is 11.5 Å². The number of nitrogens with zero attached hydrogens (tertiary/aromatic N) is 2. The van der Waals surface area contributed by atoms with Crippen LogP contribution in [-0.4, -0.2) is 38.2 Å². The number of aromatic hydroxyl groups is 1. The zero-order valence-electron chi connectivity index (χ0n) is 17.3. The molecule has 3 rings (SSSR count). The number of aromatic nitrogens is 2. The Balaban J connectivity index is 2.14. The molecule has 2 heterocycles. The van der Waals surface area contributed by atoms with E-state index in [-0.39, 0.29) is 23.0 Å². The number of fused-ring (bicyclic) bond motifs is 1. The number of carboxylic acids is 1. The summed E-state index contributed by atoms with van der Waals surface area (Å²) < 4.78 is 14.9. The number of nitrogens with one attached hydrogen (secondary N) is 1. The minimum atomic E-state index is -1.32. The summed E-state index contributed by atoms with van der Waals surface area (Å²) in [5.41, 5.74) is 0.214. The fourth-order valence-electron chi connectivity index (χ4n) is 3.18. The fourth-order valence-corrected chi connectivity index (χ4v) is 3.18. The van der Waals surface area contributed by atoms with Crippen molar-refractivity contribution in [3.05, 3.63) is 69.4 Å². The molecule has 162 valence electrons. The van der Waals surface area contributed by atoms with Crippen molar-refractivity contribution in [3.8, 4) is 5.75 Å². The smallest absolute Gasteiger partial charge is 0.322 e. The van der Waals surface area contributed by atoms with Gasteiger partial charge in [0, 0.05) is 0 Å². The van der Waals surface area contributed by atoms with Gasteiger partial charge in [-0.2, -0.15) is 0 Å². The second-order valence-electron chi connectivity index (χ2n) is 8.16. The summed E-state index contributed by atoms with van der Waals surface area (Å²) in [5.74, 6) is -3.91. The number of halogens is 1. The molecule has 0 unspecified atom stereocenters. The van der Waals surface area contributed by atoms with Crippen LogP contribution in [0.25, 0.3) is 11.0 Å². The topological polar surface area (TPSA) is 122 Å². The van der Waals surface area contributed by atoms with Gasteiger partial charge in [0.05, 0.1) is 18.1 Å². The molecule has 0 radical (unpaired) electrons. The summed E-state index contributed by atoms with van der Waals surface area (Å²) in [6.07, 6.45) is 0.907. The summed E-state index contributed by atoms with van der Waals surface area (Å²) in [5, 5.41) is 21.2. The first-order chi connectivity index (χ1) is 14.5. The van der Waals surface area contributed by atoms with Crippen LogP contribution in [0.15, 0.2) is 41.3 Å². The van der Waals surface area contributed by atoms with Crippen molar-refractivity contribution in [2.75, 3.05) is 6.54 Å². The van der Waals surface area contributed by atoms with Crippen molar-refractivity contribution in [2.45, 2.75) is 32.7 Å². The molecule has 9 heteroatoms. The summed E-state index contributed by atoms with van der Waals surface area (Å²) in [4.78, 5) is 40.2.